The molecule has 2 aromatic rings. The number of methoxy groups -OCH3 is 1. The maximum absolute atomic E-state index is 12.5. The molecule has 1 aliphatic rings. The largest absolute Gasteiger partial charge is 0.497 e. The van der Waals surface area contributed by atoms with E-state index in [4.69, 9.17) is 9.47 Å². The Morgan fingerprint density at radius 2 is 2.00 bits per heavy atom. The molecule has 1 heterocycles. The summed E-state index contributed by atoms with van der Waals surface area (Å²) >= 11 is 3.43. The number of amides is 1. The number of aromatic nitrogens is 1. The summed E-state index contributed by atoms with van der Waals surface area (Å²) in [4.78, 5) is 16.7. The third-order valence-corrected chi connectivity index (χ3v) is 5.04. The van der Waals surface area contributed by atoms with Gasteiger partial charge in [0.05, 0.1) is 12.7 Å². The summed E-state index contributed by atoms with van der Waals surface area (Å²) < 4.78 is 11.9. The summed E-state index contributed by atoms with van der Waals surface area (Å²) in [5, 5.41) is 3.12. The monoisotopic (exact) mass is 404 g/mol. The van der Waals surface area contributed by atoms with Crippen molar-refractivity contribution in [1.29, 1.82) is 0 Å². The topological polar surface area (TPSA) is 60.5 Å². The minimum Gasteiger partial charge on any atom is -0.497 e. The number of nitrogens with zero attached hydrogens (tertiary/aromatic N) is 1. The lowest BCUT2D eigenvalue weighted by Crippen LogP contribution is -2.39. The molecule has 25 heavy (non-hydrogen) atoms. The van der Waals surface area contributed by atoms with Crippen LogP contribution in [-0.4, -0.2) is 30.1 Å². The third-order valence-electron chi connectivity index (χ3n) is 4.35. The van der Waals surface area contributed by atoms with Crippen molar-refractivity contribution < 1.29 is 14.3 Å². The Balaban J connectivity index is 1.53. The van der Waals surface area contributed by atoms with Crippen molar-refractivity contribution >= 4 is 21.8 Å². The van der Waals surface area contributed by atoms with Gasteiger partial charge in [-0.05, 0) is 65.9 Å². The van der Waals surface area contributed by atoms with Gasteiger partial charge in [-0.25, -0.2) is 4.98 Å². The quantitative estimate of drug-likeness (QED) is 0.818. The fourth-order valence-electron chi connectivity index (χ4n) is 2.98. The summed E-state index contributed by atoms with van der Waals surface area (Å²) in [5.41, 5.74) is 0.589. The number of nitrogens with one attached hydrogen (secondary N) is 1. The van der Waals surface area contributed by atoms with E-state index < -0.39 is 0 Å². The summed E-state index contributed by atoms with van der Waals surface area (Å²) in [6.45, 7) is 0. The molecular formula is C19H21BrN2O3. The van der Waals surface area contributed by atoms with Gasteiger partial charge in [0.1, 0.15) is 11.9 Å². The Hall–Kier alpha value is -2.08. The molecule has 5 nitrogen and oxygen atoms in total. The highest BCUT2D eigenvalue weighted by Gasteiger charge is 2.24. The van der Waals surface area contributed by atoms with Gasteiger partial charge in [-0.15, -0.1) is 0 Å². The van der Waals surface area contributed by atoms with E-state index in [1.54, 1.807) is 19.4 Å². The normalized spacial score (nSPS) is 19.9. The van der Waals surface area contributed by atoms with Crippen molar-refractivity contribution in [1.82, 2.24) is 10.3 Å². The van der Waals surface area contributed by atoms with Crippen molar-refractivity contribution in [2.45, 2.75) is 37.8 Å². The van der Waals surface area contributed by atoms with E-state index in [2.05, 4.69) is 26.2 Å². The minimum absolute atomic E-state index is 0.0835. The van der Waals surface area contributed by atoms with Crippen molar-refractivity contribution in [2.24, 2.45) is 0 Å². The van der Waals surface area contributed by atoms with Gasteiger partial charge in [-0.3, -0.25) is 4.79 Å². The Kier molecular flexibility index (Phi) is 5.91. The molecular weight excluding hydrogens is 384 g/mol. The predicted molar refractivity (Wildman–Crippen MR) is 99.1 cm³/mol. The molecule has 0 saturated heterocycles. The number of carbonyl (C=O) groups is 1. The number of benzene rings is 1. The first-order chi connectivity index (χ1) is 12.2. The average Bonchev–Trinajstić information content (AvgIpc) is 2.64. The standard InChI is InChI=1S/C19H21BrN2O3/c1-24-15-9-10-17(20)16(12-15)19(23)22-13-5-7-14(8-6-13)25-18-4-2-3-11-21-18/h2-4,9-14H,5-8H2,1H3,(H,22,23). The van der Waals surface area contributed by atoms with Gasteiger partial charge >= 0.3 is 0 Å². The fraction of sp³-hybridized carbons (Fsp3) is 0.368. The van der Waals surface area contributed by atoms with Crippen molar-refractivity contribution in [2.75, 3.05) is 7.11 Å². The lowest BCUT2D eigenvalue weighted by molar-refractivity contribution is 0.0889. The van der Waals surface area contributed by atoms with E-state index in [0.717, 1.165) is 30.2 Å². The first-order valence-corrected chi connectivity index (χ1v) is 9.17. The molecule has 3 rings (SSSR count). The first kappa shape index (κ1) is 17.7. The number of hydrogen-bond donors (Lipinski definition) is 1. The third kappa shape index (κ3) is 4.72. The molecule has 0 radical (unpaired) electrons. The Bertz CT molecular complexity index is 716. The molecule has 0 spiro atoms. The van der Waals surface area contributed by atoms with Gasteiger partial charge in [0, 0.05) is 22.8 Å². The van der Waals surface area contributed by atoms with Gasteiger partial charge in [0.15, 0.2) is 0 Å². The van der Waals surface area contributed by atoms with Crippen LogP contribution in [0, 0.1) is 0 Å². The average molecular weight is 405 g/mol. The SMILES string of the molecule is COc1ccc(Br)c(C(=O)NC2CCC(Oc3ccccn3)CC2)c1. The van der Waals surface area contributed by atoms with Crippen molar-refractivity contribution in [3.63, 3.8) is 0 Å². The molecule has 1 aliphatic carbocycles. The van der Waals surface area contributed by atoms with Gasteiger partial charge < -0.3 is 14.8 Å². The number of rotatable bonds is 5. The molecule has 1 saturated carbocycles. The molecule has 1 amide bonds. The van der Waals surface area contributed by atoms with Crippen LogP contribution in [-0.2, 0) is 0 Å². The van der Waals surface area contributed by atoms with Gasteiger partial charge in [-0.2, -0.15) is 0 Å². The zero-order valence-corrected chi connectivity index (χ0v) is 15.7. The molecule has 6 heteroatoms. The molecule has 1 N–H and O–H groups in total. The number of ether oxygens (including phenoxy) is 2. The number of hydrogen-bond acceptors (Lipinski definition) is 4. The summed E-state index contributed by atoms with van der Waals surface area (Å²) in [6.07, 6.45) is 5.48. The molecule has 132 valence electrons. The van der Waals surface area contributed by atoms with E-state index in [1.165, 1.54) is 0 Å². The molecule has 0 unspecified atom stereocenters. The van der Waals surface area contributed by atoms with Crippen LogP contribution in [0.4, 0.5) is 0 Å². The van der Waals surface area contributed by atoms with Crippen LogP contribution in [0.15, 0.2) is 47.1 Å². The lowest BCUT2D eigenvalue weighted by atomic mass is 9.92. The van der Waals surface area contributed by atoms with Crippen LogP contribution >= 0.6 is 15.9 Å². The van der Waals surface area contributed by atoms with Crippen LogP contribution in [0.3, 0.4) is 0 Å². The molecule has 0 aliphatic heterocycles. The first-order valence-electron chi connectivity index (χ1n) is 8.38. The lowest BCUT2D eigenvalue weighted by Gasteiger charge is -2.29. The number of pyridine rings is 1. The van der Waals surface area contributed by atoms with E-state index in [-0.39, 0.29) is 18.1 Å². The van der Waals surface area contributed by atoms with Gasteiger partial charge in [0.25, 0.3) is 5.91 Å². The van der Waals surface area contributed by atoms with Crippen LogP contribution < -0.4 is 14.8 Å². The predicted octanol–water partition coefficient (Wildman–Crippen LogP) is 3.97. The Labute approximate surface area is 155 Å². The van der Waals surface area contributed by atoms with Crippen LogP contribution in [0.25, 0.3) is 0 Å². The highest BCUT2D eigenvalue weighted by Crippen LogP contribution is 2.25. The zero-order valence-electron chi connectivity index (χ0n) is 14.1. The zero-order chi connectivity index (χ0) is 17.6. The van der Waals surface area contributed by atoms with Crippen LogP contribution in [0.5, 0.6) is 11.6 Å². The Morgan fingerprint density at radius 1 is 1.20 bits per heavy atom. The molecule has 1 aromatic heterocycles. The molecule has 0 bridgehead atoms. The van der Waals surface area contributed by atoms with E-state index >= 15 is 0 Å². The minimum atomic E-state index is -0.0835. The van der Waals surface area contributed by atoms with Crippen molar-refractivity contribution in [3.05, 3.63) is 52.6 Å². The van der Waals surface area contributed by atoms with E-state index in [9.17, 15) is 4.79 Å². The molecule has 1 aromatic carbocycles. The number of carbonyl (C=O) groups excluding carboxylic acids is 1. The van der Waals surface area contributed by atoms with Crippen LogP contribution in [0.1, 0.15) is 36.0 Å². The summed E-state index contributed by atoms with van der Waals surface area (Å²) in [6, 6.07) is 11.2. The summed E-state index contributed by atoms with van der Waals surface area (Å²) in [7, 11) is 1.59. The highest BCUT2D eigenvalue weighted by atomic mass is 79.9. The second-order valence-electron chi connectivity index (χ2n) is 6.08. The Morgan fingerprint density at radius 3 is 2.68 bits per heavy atom. The molecule has 0 atom stereocenters. The number of halogens is 1. The maximum atomic E-state index is 12.5. The second kappa shape index (κ2) is 8.34. The van der Waals surface area contributed by atoms with E-state index in [0.29, 0.717) is 17.2 Å². The van der Waals surface area contributed by atoms with Crippen LogP contribution in [0.2, 0.25) is 0 Å². The van der Waals surface area contributed by atoms with Gasteiger partial charge in [0.2, 0.25) is 5.88 Å². The smallest absolute Gasteiger partial charge is 0.252 e. The van der Waals surface area contributed by atoms with Gasteiger partial charge in [-0.1, -0.05) is 6.07 Å². The second-order valence-corrected chi connectivity index (χ2v) is 6.93. The summed E-state index contributed by atoms with van der Waals surface area (Å²) in [5.74, 6) is 1.25. The molecule has 1 fully saturated rings. The fourth-order valence-corrected chi connectivity index (χ4v) is 3.41. The highest BCUT2D eigenvalue weighted by molar-refractivity contribution is 9.10. The maximum Gasteiger partial charge on any atom is 0.252 e. The van der Waals surface area contributed by atoms with Crippen molar-refractivity contribution in [3.8, 4) is 11.6 Å². The van der Waals surface area contributed by atoms with E-state index in [1.807, 2.05) is 30.3 Å².